The molecule has 4 nitrogen and oxygen atoms in total. The first kappa shape index (κ1) is 15.0. The molecule has 124 valence electrons. The fraction of sp³-hybridized carbons (Fsp3) is 0.211. The molecule has 1 aliphatic rings. The van der Waals surface area contributed by atoms with E-state index in [1.54, 1.807) is 11.3 Å². The van der Waals surface area contributed by atoms with E-state index in [9.17, 15) is 0 Å². The molecule has 3 heterocycles. The summed E-state index contributed by atoms with van der Waals surface area (Å²) >= 11 is 7.23. The first-order valence-electron chi connectivity index (χ1n) is 8.43. The van der Waals surface area contributed by atoms with Crippen LogP contribution in [-0.2, 0) is 0 Å². The summed E-state index contributed by atoms with van der Waals surface area (Å²) in [6.45, 7) is 2.10. The molecule has 1 N–H and O–H groups in total. The molecule has 0 radical (unpaired) electrons. The number of aromatic nitrogens is 2. The van der Waals surface area contributed by atoms with Crippen molar-refractivity contribution in [3.05, 3.63) is 42.5 Å². The van der Waals surface area contributed by atoms with Crippen LogP contribution in [0.2, 0.25) is 0 Å². The summed E-state index contributed by atoms with van der Waals surface area (Å²) < 4.78 is 1.20. The maximum absolute atomic E-state index is 5.55. The molecule has 1 aliphatic heterocycles. The molecule has 0 atom stereocenters. The molecule has 2 aromatic carbocycles. The molecule has 0 amide bonds. The summed E-state index contributed by atoms with van der Waals surface area (Å²) in [5.41, 5.74) is 3.85. The number of thiocarbonyl (C=S) groups is 1. The van der Waals surface area contributed by atoms with E-state index >= 15 is 0 Å². The molecule has 1 saturated heterocycles. The summed E-state index contributed by atoms with van der Waals surface area (Å²) in [7, 11) is 0. The number of anilines is 1. The van der Waals surface area contributed by atoms with Gasteiger partial charge in [0.2, 0.25) is 0 Å². The van der Waals surface area contributed by atoms with Crippen molar-refractivity contribution in [3.63, 3.8) is 0 Å². The standard InChI is InChI=1S/C19H16N4S2/c24-19(23-9-3-4-10-23)20-12-7-8-16-13(11-12)17-18(25-16)22-15-6-2-1-5-14(15)21-17/h1-2,5-8,11H,3-4,9-10H2,(H,20,24). The third-order valence-electron chi connectivity index (χ3n) is 4.62. The van der Waals surface area contributed by atoms with E-state index in [0.29, 0.717) is 0 Å². The Labute approximate surface area is 154 Å². The highest BCUT2D eigenvalue weighted by Crippen LogP contribution is 2.34. The SMILES string of the molecule is S=C(Nc1ccc2sc3nc4ccccc4nc3c2c1)N1CCCC1. The number of likely N-dealkylation sites (tertiary alicyclic amines) is 1. The van der Waals surface area contributed by atoms with Gasteiger partial charge in [-0.25, -0.2) is 9.97 Å². The van der Waals surface area contributed by atoms with Crippen molar-refractivity contribution in [3.8, 4) is 0 Å². The van der Waals surface area contributed by atoms with Gasteiger partial charge in [-0.15, -0.1) is 11.3 Å². The lowest BCUT2D eigenvalue weighted by atomic mass is 10.2. The molecule has 1 fully saturated rings. The van der Waals surface area contributed by atoms with Gasteiger partial charge < -0.3 is 10.2 Å². The molecule has 0 aliphatic carbocycles. The van der Waals surface area contributed by atoms with Crippen LogP contribution in [0.15, 0.2) is 42.5 Å². The van der Waals surface area contributed by atoms with Crippen molar-refractivity contribution < 1.29 is 0 Å². The van der Waals surface area contributed by atoms with Gasteiger partial charge >= 0.3 is 0 Å². The smallest absolute Gasteiger partial charge is 0.173 e. The lowest BCUT2D eigenvalue weighted by Gasteiger charge is -2.19. The zero-order chi connectivity index (χ0) is 16.8. The Morgan fingerprint density at radius 2 is 1.80 bits per heavy atom. The molecule has 25 heavy (non-hydrogen) atoms. The highest BCUT2D eigenvalue weighted by molar-refractivity contribution is 7.80. The maximum atomic E-state index is 5.55. The minimum atomic E-state index is 0.813. The van der Waals surface area contributed by atoms with Crippen LogP contribution in [-0.4, -0.2) is 33.1 Å². The average Bonchev–Trinajstić information content (AvgIpc) is 3.27. The summed E-state index contributed by atoms with van der Waals surface area (Å²) in [6, 6.07) is 14.4. The van der Waals surface area contributed by atoms with Gasteiger partial charge in [-0.3, -0.25) is 0 Å². The van der Waals surface area contributed by atoms with E-state index < -0.39 is 0 Å². The molecule has 5 rings (SSSR count). The Hall–Kier alpha value is -2.31. The summed E-state index contributed by atoms with van der Waals surface area (Å²) in [5, 5.41) is 5.33. The van der Waals surface area contributed by atoms with Gasteiger partial charge in [-0.1, -0.05) is 12.1 Å². The van der Waals surface area contributed by atoms with Crippen molar-refractivity contribution in [1.82, 2.24) is 14.9 Å². The second kappa shape index (κ2) is 5.89. The Morgan fingerprint density at radius 3 is 2.60 bits per heavy atom. The first-order chi connectivity index (χ1) is 12.3. The van der Waals surface area contributed by atoms with Crippen LogP contribution < -0.4 is 5.32 Å². The van der Waals surface area contributed by atoms with Crippen molar-refractivity contribution >= 4 is 65.8 Å². The highest BCUT2D eigenvalue weighted by atomic mass is 32.1. The largest absolute Gasteiger partial charge is 0.349 e. The van der Waals surface area contributed by atoms with E-state index in [-0.39, 0.29) is 0 Å². The van der Waals surface area contributed by atoms with Crippen LogP contribution in [0, 0.1) is 0 Å². The van der Waals surface area contributed by atoms with Crippen molar-refractivity contribution in [2.75, 3.05) is 18.4 Å². The van der Waals surface area contributed by atoms with Crippen LogP contribution in [0.5, 0.6) is 0 Å². The van der Waals surface area contributed by atoms with Crippen LogP contribution in [0.3, 0.4) is 0 Å². The van der Waals surface area contributed by atoms with Gasteiger partial charge in [-0.05, 0) is 55.4 Å². The number of hydrogen-bond acceptors (Lipinski definition) is 4. The third-order valence-corrected chi connectivity index (χ3v) is 6.04. The summed E-state index contributed by atoms with van der Waals surface area (Å²) in [4.78, 5) is 12.8. The molecule has 0 spiro atoms. The van der Waals surface area contributed by atoms with Gasteiger partial charge in [0.1, 0.15) is 10.3 Å². The van der Waals surface area contributed by atoms with Gasteiger partial charge in [0.05, 0.1) is 11.0 Å². The second-order valence-electron chi connectivity index (χ2n) is 6.30. The second-order valence-corrected chi connectivity index (χ2v) is 7.72. The number of nitrogens with zero attached hydrogens (tertiary/aromatic N) is 3. The predicted molar refractivity (Wildman–Crippen MR) is 109 cm³/mol. The Bertz CT molecular complexity index is 1110. The summed E-state index contributed by atoms with van der Waals surface area (Å²) in [6.07, 6.45) is 2.44. The quantitative estimate of drug-likeness (QED) is 0.492. The number of benzene rings is 2. The van der Waals surface area contributed by atoms with Crippen LogP contribution in [0.4, 0.5) is 5.69 Å². The van der Waals surface area contributed by atoms with Gasteiger partial charge in [0, 0.05) is 28.9 Å². The molecule has 0 unspecified atom stereocenters. The first-order valence-corrected chi connectivity index (χ1v) is 9.65. The van der Waals surface area contributed by atoms with Crippen LogP contribution in [0.1, 0.15) is 12.8 Å². The summed E-state index contributed by atoms with van der Waals surface area (Å²) in [5.74, 6) is 0. The molecule has 6 heteroatoms. The van der Waals surface area contributed by atoms with E-state index in [2.05, 4.69) is 28.4 Å². The zero-order valence-corrected chi connectivity index (χ0v) is 15.2. The monoisotopic (exact) mass is 364 g/mol. The number of para-hydroxylation sites is 2. The number of nitrogens with one attached hydrogen (secondary N) is 1. The topological polar surface area (TPSA) is 41.1 Å². The molecule has 4 aromatic rings. The fourth-order valence-corrected chi connectivity index (χ4v) is 4.65. The Balaban J connectivity index is 1.59. The predicted octanol–water partition coefficient (Wildman–Crippen LogP) is 4.79. The Kier molecular flexibility index (Phi) is 3.53. The lowest BCUT2D eigenvalue weighted by Crippen LogP contribution is -2.31. The maximum Gasteiger partial charge on any atom is 0.173 e. The van der Waals surface area contributed by atoms with Crippen LogP contribution >= 0.6 is 23.6 Å². The van der Waals surface area contributed by atoms with E-state index in [1.165, 1.54) is 17.5 Å². The minimum Gasteiger partial charge on any atom is -0.349 e. The van der Waals surface area contributed by atoms with E-state index in [4.69, 9.17) is 22.2 Å². The van der Waals surface area contributed by atoms with Crippen LogP contribution in [0.25, 0.3) is 31.5 Å². The Morgan fingerprint density at radius 1 is 1.04 bits per heavy atom. The number of thiophene rings is 1. The third kappa shape index (κ3) is 2.62. The molecule has 0 bridgehead atoms. The van der Waals surface area contributed by atoms with E-state index in [1.807, 2.05) is 24.3 Å². The van der Waals surface area contributed by atoms with Gasteiger partial charge in [0.25, 0.3) is 0 Å². The van der Waals surface area contributed by atoms with Gasteiger partial charge in [-0.2, -0.15) is 0 Å². The molecule has 0 saturated carbocycles. The van der Waals surface area contributed by atoms with Crippen molar-refractivity contribution in [2.24, 2.45) is 0 Å². The molecule has 2 aromatic heterocycles. The number of fused-ring (bicyclic) bond motifs is 4. The van der Waals surface area contributed by atoms with Crippen molar-refractivity contribution in [1.29, 1.82) is 0 Å². The number of hydrogen-bond donors (Lipinski definition) is 1. The van der Waals surface area contributed by atoms with E-state index in [0.717, 1.165) is 50.7 Å². The fourth-order valence-electron chi connectivity index (χ4n) is 3.34. The lowest BCUT2D eigenvalue weighted by molar-refractivity contribution is 0.528. The van der Waals surface area contributed by atoms with Crippen molar-refractivity contribution in [2.45, 2.75) is 12.8 Å². The van der Waals surface area contributed by atoms with Gasteiger partial charge in [0.15, 0.2) is 5.11 Å². The molecular formula is C19H16N4S2. The normalized spacial score (nSPS) is 14.6. The zero-order valence-electron chi connectivity index (χ0n) is 13.5. The average molecular weight is 364 g/mol. The molecular weight excluding hydrogens is 348 g/mol. The number of rotatable bonds is 1. The highest BCUT2D eigenvalue weighted by Gasteiger charge is 2.15. The minimum absolute atomic E-state index is 0.813.